The van der Waals surface area contributed by atoms with Crippen molar-refractivity contribution in [3.05, 3.63) is 75.2 Å². The molecule has 8 nitrogen and oxygen atoms in total. The quantitative estimate of drug-likeness (QED) is 0.547. The number of nitrogens with one attached hydrogen (secondary N) is 1. The average Bonchev–Trinajstić information content (AvgIpc) is 3.01. The van der Waals surface area contributed by atoms with Gasteiger partial charge in [-0.2, -0.15) is 0 Å². The van der Waals surface area contributed by atoms with E-state index in [0.717, 1.165) is 4.68 Å². The van der Waals surface area contributed by atoms with E-state index in [1.54, 1.807) is 30.3 Å². The number of hydrogen-bond acceptors (Lipinski definition) is 4. The lowest BCUT2D eigenvalue weighted by molar-refractivity contribution is -0.117. The van der Waals surface area contributed by atoms with Gasteiger partial charge in [0.1, 0.15) is 12.4 Å². The van der Waals surface area contributed by atoms with Gasteiger partial charge in [-0.3, -0.25) is 14.2 Å². The van der Waals surface area contributed by atoms with Gasteiger partial charge >= 0.3 is 5.69 Å². The molecule has 0 unspecified atom stereocenters. The maximum Gasteiger partial charge on any atom is 0.352 e. The summed E-state index contributed by atoms with van der Waals surface area (Å²) in [5.41, 5.74) is -0.0699. The molecule has 0 aliphatic rings. The molecule has 1 N–H and O–H groups in total. The fourth-order valence-corrected chi connectivity index (χ4v) is 3.40. The van der Waals surface area contributed by atoms with Gasteiger partial charge in [0.15, 0.2) is 0 Å². The number of aromatic nitrogens is 4. The molecule has 2 aromatic heterocycles. The number of fused-ring (bicyclic) bond motifs is 3. The molecule has 0 saturated heterocycles. The first-order valence-corrected chi connectivity index (χ1v) is 9.51. The van der Waals surface area contributed by atoms with E-state index < -0.39 is 17.4 Å². The van der Waals surface area contributed by atoms with Crippen molar-refractivity contribution in [2.75, 3.05) is 5.32 Å². The molecule has 0 radical (unpaired) electrons. The van der Waals surface area contributed by atoms with E-state index in [-0.39, 0.29) is 29.5 Å². The normalized spacial score (nSPS) is 11.5. The fourth-order valence-electron chi connectivity index (χ4n) is 3.40. The van der Waals surface area contributed by atoms with Gasteiger partial charge in [-0.1, -0.05) is 32.0 Å². The third kappa shape index (κ3) is 3.49. The zero-order chi connectivity index (χ0) is 21.4. The number of rotatable bonds is 5. The second-order valence-corrected chi connectivity index (χ2v) is 7.46. The number of hydrogen-bond donors (Lipinski definition) is 1. The number of para-hydroxylation sites is 1. The van der Waals surface area contributed by atoms with Gasteiger partial charge in [0.05, 0.1) is 10.9 Å². The third-order valence-electron chi connectivity index (χ3n) is 4.63. The average molecular weight is 409 g/mol. The molecule has 0 atom stereocenters. The first kappa shape index (κ1) is 19.6. The smallest absolute Gasteiger partial charge is 0.324 e. The maximum atomic E-state index is 13.3. The second-order valence-electron chi connectivity index (χ2n) is 7.46. The molecule has 0 saturated carbocycles. The molecule has 30 heavy (non-hydrogen) atoms. The number of nitrogens with zero attached hydrogens (tertiary/aromatic N) is 4. The minimum atomic E-state index is -0.534. The van der Waals surface area contributed by atoms with Crippen LogP contribution in [0.4, 0.5) is 10.1 Å². The Kier molecular flexibility index (Phi) is 4.94. The predicted octanol–water partition coefficient (Wildman–Crippen LogP) is 2.24. The fraction of sp³-hybridized carbons (Fsp3) is 0.238. The number of carbonyl (C=O) groups excluding carboxylic acids is 1. The number of halogens is 1. The molecule has 4 rings (SSSR count). The van der Waals surface area contributed by atoms with Gasteiger partial charge in [-0.05, 0) is 36.2 Å². The monoisotopic (exact) mass is 409 g/mol. The van der Waals surface area contributed by atoms with Crippen molar-refractivity contribution in [2.24, 2.45) is 5.92 Å². The Bertz CT molecular complexity index is 1380. The predicted molar refractivity (Wildman–Crippen MR) is 111 cm³/mol. The summed E-state index contributed by atoms with van der Waals surface area (Å²) in [5, 5.41) is 7.21. The Morgan fingerprint density at radius 1 is 1.13 bits per heavy atom. The van der Waals surface area contributed by atoms with Crippen LogP contribution in [-0.2, 0) is 17.9 Å². The first-order valence-electron chi connectivity index (χ1n) is 9.51. The summed E-state index contributed by atoms with van der Waals surface area (Å²) in [7, 11) is 0. The summed E-state index contributed by atoms with van der Waals surface area (Å²) in [4.78, 5) is 38.4. The van der Waals surface area contributed by atoms with E-state index in [1.165, 1.54) is 27.2 Å². The van der Waals surface area contributed by atoms with Crippen LogP contribution in [0.2, 0.25) is 0 Å². The van der Waals surface area contributed by atoms with Gasteiger partial charge in [-0.25, -0.2) is 18.3 Å². The number of carbonyl (C=O) groups is 1. The van der Waals surface area contributed by atoms with Crippen LogP contribution in [0.25, 0.3) is 16.7 Å². The molecule has 1 amide bonds. The molecular formula is C21H20FN5O3. The highest BCUT2D eigenvalue weighted by molar-refractivity contribution is 5.90. The largest absolute Gasteiger partial charge is 0.352 e. The van der Waals surface area contributed by atoms with E-state index in [9.17, 15) is 18.8 Å². The lowest BCUT2D eigenvalue weighted by Crippen LogP contribution is -2.29. The molecule has 4 aromatic rings. The first-order chi connectivity index (χ1) is 14.3. The highest BCUT2D eigenvalue weighted by Gasteiger charge is 2.19. The lowest BCUT2D eigenvalue weighted by Gasteiger charge is -2.11. The van der Waals surface area contributed by atoms with E-state index in [0.29, 0.717) is 17.4 Å². The summed E-state index contributed by atoms with van der Waals surface area (Å²) in [6.45, 7) is 3.92. The third-order valence-corrected chi connectivity index (χ3v) is 4.63. The number of anilines is 1. The zero-order valence-corrected chi connectivity index (χ0v) is 16.5. The van der Waals surface area contributed by atoms with Crippen LogP contribution >= 0.6 is 0 Å². The van der Waals surface area contributed by atoms with Crippen molar-refractivity contribution >= 4 is 28.3 Å². The van der Waals surface area contributed by atoms with Gasteiger partial charge in [0, 0.05) is 12.2 Å². The summed E-state index contributed by atoms with van der Waals surface area (Å²) in [5.74, 6) is -0.699. The Morgan fingerprint density at radius 2 is 1.90 bits per heavy atom. The van der Waals surface area contributed by atoms with Crippen molar-refractivity contribution in [3.8, 4) is 0 Å². The molecule has 2 aromatic carbocycles. The maximum absolute atomic E-state index is 13.3. The van der Waals surface area contributed by atoms with Crippen molar-refractivity contribution in [1.82, 2.24) is 18.7 Å². The van der Waals surface area contributed by atoms with Crippen molar-refractivity contribution in [3.63, 3.8) is 0 Å². The minimum absolute atomic E-state index is 0.143. The Labute approximate surface area is 170 Å². The van der Waals surface area contributed by atoms with Crippen molar-refractivity contribution in [2.45, 2.75) is 26.9 Å². The summed E-state index contributed by atoms with van der Waals surface area (Å²) in [6.07, 6.45) is 0. The van der Waals surface area contributed by atoms with Crippen LogP contribution in [0.3, 0.4) is 0 Å². The molecule has 0 aliphatic carbocycles. The Morgan fingerprint density at radius 3 is 2.63 bits per heavy atom. The number of amides is 1. The minimum Gasteiger partial charge on any atom is -0.324 e. The molecule has 2 heterocycles. The van der Waals surface area contributed by atoms with Gasteiger partial charge in [0.25, 0.3) is 5.56 Å². The molecule has 154 valence electrons. The van der Waals surface area contributed by atoms with Crippen LogP contribution in [-0.4, -0.2) is 24.7 Å². The summed E-state index contributed by atoms with van der Waals surface area (Å²) < 4.78 is 17.1. The van der Waals surface area contributed by atoms with Crippen LogP contribution in [0.5, 0.6) is 0 Å². The molecule has 9 heteroatoms. The Hall–Kier alpha value is -3.75. The molecule has 0 aliphatic heterocycles. The van der Waals surface area contributed by atoms with Gasteiger partial charge in [0.2, 0.25) is 11.7 Å². The van der Waals surface area contributed by atoms with E-state index in [2.05, 4.69) is 10.4 Å². The SMILES string of the molecule is CC(C)Cn1c(=O)c2ccccc2n2c(=O)n(CC(=O)Nc3cccc(F)c3)nc12. The number of benzene rings is 2. The Balaban J connectivity index is 1.81. The van der Waals surface area contributed by atoms with Crippen LogP contribution in [0, 0.1) is 11.7 Å². The van der Waals surface area contributed by atoms with Gasteiger partial charge < -0.3 is 5.32 Å². The standard InChI is InChI=1S/C21H20FN5O3/c1-13(2)11-25-19(29)16-8-3-4-9-17(16)27-20(25)24-26(21(27)30)12-18(28)23-15-7-5-6-14(22)10-15/h3-10,13H,11-12H2,1-2H3,(H,23,28). The highest BCUT2D eigenvalue weighted by atomic mass is 19.1. The molecule has 0 fully saturated rings. The van der Waals surface area contributed by atoms with Crippen LogP contribution in [0.1, 0.15) is 13.8 Å². The van der Waals surface area contributed by atoms with Crippen LogP contribution < -0.4 is 16.6 Å². The highest BCUT2D eigenvalue weighted by Crippen LogP contribution is 2.12. The molecular weight excluding hydrogens is 389 g/mol. The van der Waals surface area contributed by atoms with E-state index >= 15 is 0 Å². The van der Waals surface area contributed by atoms with E-state index in [4.69, 9.17) is 0 Å². The second kappa shape index (κ2) is 7.58. The summed E-state index contributed by atoms with van der Waals surface area (Å²) in [6, 6.07) is 12.3. The van der Waals surface area contributed by atoms with Crippen molar-refractivity contribution < 1.29 is 9.18 Å². The molecule has 0 spiro atoms. The van der Waals surface area contributed by atoms with Crippen molar-refractivity contribution in [1.29, 1.82) is 0 Å². The lowest BCUT2D eigenvalue weighted by atomic mass is 10.2. The summed E-state index contributed by atoms with van der Waals surface area (Å²) >= 11 is 0. The van der Waals surface area contributed by atoms with Crippen LogP contribution in [0.15, 0.2) is 58.1 Å². The molecule has 0 bridgehead atoms. The van der Waals surface area contributed by atoms with Gasteiger partial charge in [-0.15, -0.1) is 5.10 Å². The van der Waals surface area contributed by atoms with E-state index in [1.807, 2.05) is 13.8 Å². The zero-order valence-electron chi connectivity index (χ0n) is 16.5. The topological polar surface area (TPSA) is 90.4 Å².